The quantitative estimate of drug-likeness (QED) is 0.815. The van der Waals surface area contributed by atoms with Gasteiger partial charge in [-0.2, -0.15) is 0 Å². The maximum atomic E-state index is 12.1. The molecule has 98 valence electrons. The SMILES string of the molecule is NC(C(=O)N1CCS(=O)(=O)CC1)c1ccccc1. The number of hydrogen-bond donors (Lipinski definition) is 1. The van der Waals surface area contributed by atoms with E-state index in [0.29, 0.717) is 0 Å². The molecular weight excluding hydrogens is 252 g/mol. The van der Waals surface area contributed by atoms with Crippen LogP contribution in [-0.2, 0) is 14.6 Å². The van der Waals surface area contributed by atoms with Gasteiger partial charge in [0, 0.05) is 13.1 Å². The van der Waals surface area contributed by atoms with Crippen molar-refractivity contribution < 1.29 is 13.2 Å². The van der Waals surface area contributed by atoms with Gasteiger partial charge in [0.25, 0.3) is 0 Å². The van der Waals surface area contributed by atoms with Crippen LogP contribution in [0.4, 0.5) is 0 Å². The lowest BCUT2D eigenvalue weighted by Gasteiger charge is -2.29. The second-order valence-corrected chi connectivity index (χ2v) is 6.67. The van der Waals surface area contributed by atoms with E-state index in [4.69, 9.17) is 5.73 Å². The maximum absolute atomic E-state index is 12.1. The zero-order valence-corrected chi connectivity index (χ0v) is 10.8. The van der Waals surface area contributed by atoms with E-state index >= 15 is 0 Å². The van der Waals surface area contributed by atoms with E-state index in [1.54, 1.807) is 12.1 Å². The predicted molar refractivity (Wildman–Crippen MR) is 68.6 cm³/mol. The topological polar surface area (TPSA) is 80.5 Å². The van der Waals surface area contributed by atoms with Gasteiger partial charge in [-0.25, -0.2) is 8.42 Å². The van der Waals surface area contributed by atoms with Crippen molar-refractivity contribution in [3.05, 3.63) is 35.9 Å². The van der Waals surface area contributed by atoms with Gasteiger partial charge in [0.1, 0.15) is 6.04 Å². The Bertz CT molecular complexity index is 514. The van der Waals surface area contributed by atoms with Gasteiger partial charge >= 0.3 is 0 Å². The second-order valence-electron chi connectivity index (χ2n) is 4.37. The van der Waals surface area contributed by atoms with Gasteiger partial charge in [0.15, 0.2) is 9.84 Å². The summed E-state index contributed by atoms with van der Waals surface area (Å²) in [5.74, 6) is -0.156. The Morgan fingerprint density at radius 2 is 1.72 bits per heavy atom. The lowest BCUT2D eigenvalue weighted by Crippen LogP contribution is -2.47. The van der Waals surface area contributed by atoms with E-state index in [2.05, 4.69) is 0 Å². The first-order valence-corrected chi connectivity index (χ1v) is 7.61. The molecule has 6 heteroatoms. The molecule has 1 aromatic carbocycles. The summed E-state index contributed by atoms with van der Waals surface area (Å²) in [6, 6.07) is 8.37. The molecular formula is C12H16N2O3S. The smallest absolute Gasteiger partial charge is 0.244 e. The van der Waals surface area contributed by atoms with Crippen LogP contribution in [0.1, 0.15) is 11.6 Å². The van der Waals surface area contributed by atoms with Crippen LogP contribution in [0, 0.1) is 0 Å². The maximum Gasteiger partial charge on any atom is 0.244 e. The molecule has 0 spiro atoms. The number of carbonyl (C=O) groups excluding carboxylic acids is 1. The van der Waals surface area contributed by atoms with Crippen LogP contribution >= 0.6 is 0 Å². The average Bonchev–Trinajstić information content (AvgIpc) is 2.38. The first kappa shape index (κ1) is 13.0. The van der Waals surface area contributed by atoms with E-state index in [9.17, 15) is 13.2 Å². The summed E-state index contributed by atoms with van der Waals surface area (Å²) in [6.07, 6.45) is 0. The molecule has 2 N–H and O–H groups in total. The van der Waals surface area contributed by atoms with Crippen molar-refractivity contribution in [1.29, 1.82) is 0 Å². The highest BCUT2D eigenvalue weighted by Crippen LogP contribution is 2.14. The van der Waals surface area contributed by atoms with E-state index in [-0.39, 0.29) is 30.5 Å². The van der Waals surface area contributed by atoms with Gasteiger partial charge < -0.3 is 10.6 Å². The minimum Gasteiger partial charge on any atom is -0.339 e. The summed E-state index contributed by atoms with van der Waals surface area (Å²) in [7, 11) is -2.97. The third-order valence-electron chi connectivity index (χ3n) is 3.08. The molecule has 1 atom stereocenters. The molecule has 1 aliphatic heterocycles. The van der Waals surface area contributed by atoms with Crippen molar-refractivity contribution in [2.24, 2.45) is 5.73 Å². The molecule has 1 aromatic rings. The van der Waals surface area contributed by atoms with Crippen molar-refractivity contribution in [3.8, 4) is 0 Å². The van der Waals surface area contributed by atoms with Gasteiger partial charge in [0.05, 0.1) is 11.5 Å². The van der Waals surface area contributed by atoms with Crippen LogP contribution in [-0.4, -0.2) is 43.8 Å². The Hall–Kier alpha value is -1.40. The molecule has 1 saturated heterocycles. The third kappa shape index (κ3) is 2.88. The molecule has 0 saturated carbocycles. The van der Waals surface area contributed by atoms with Crippen molar-refractivity contribution >= 4 is 15.7 Å². The van der Waals surface area contributed by atoms with Gasteiger partial charge in [-0.05, 0) is 5.56 Å². The second kappa shape index (κ2) is 5.07. The fourth-order valence-electron chi connectivity index (χ4n) is 1.93. The van der Waals surface area contributed by atoms with Crippen LogP contribution in [0.3, 0.4) is 0 Å². The number of rotatable bonds is 2. The predicted octanol–water partition coefficient (Wildman–Crippen LogP) is -0.0566. The molecule has 2 rings (SSSR count). The summed E-state index contributed by atoms with van der Waals surface area (Å²) >= 11 is 0. The fourth-order valence-corrected chi connectivity index (χ4v) is 3.13. The number of carbonyl (C=O) groups is 1. The van der Waals surface area contributed by atoms with Crippen molar-refractivity contribution in [1.82, 2.24) is 4.90 Å². The zero-order valence-electron chi connectivity index (χ0n) is 9.95. The molecule has 0 aromatic heterocycles. The van der Waals surface area contributed by atoms with Gasteiger partial charge in [0.2, 0.25) is 5.91 Å². The molecule has 0 radical (unpaired) electrons. The largest absolute Gasteiger partial charge is 0.339 e. The molecule has 5 nitrogen and oxygen atoms in total. The Balaban J connectivity index is 2.05. The highest BCUT2D eigenvalue weighted by molar-refractivity contribution is 7.91. The summed E-state index contributed by atoms with van der Waals surface area (Å²) < 4.78 is 22.6. The van der Waals surface area contributed by atoms with Crippen molar-refractivity contribution in [3.63, 3.8) is 0 Å². The van der Waals surface area contributed by atoms with Gasteiger partial charge in [-0.15, -0.1) is 0 Å². The first-order valence-electron chi connectivity index (χ1n) is 5.79. The van der Waals surface area contributed by atoms with Crippen LogP contribution in [0.2, 0.25) is 0 Å². The summed E-state index contributed by atoms with van der Waals surface area (Å²) in [4.78, 5) is 13.6. The van der Waals surface area contributed by atoms with Crippen LogP contribution in [0.15, 0.2) is 30.3 Å². The van der Waals surface area contributed by atoms with E-state index in [1.165, 1.54) is 4.90 Å². The zero-order chi connectivity index (χ0) is 13.2. The molecule has 18 heavy (non-hydrogen) atoms. The van der Waals surface area contributed by atoms with Crippen molar-refractivity contribution in [2.45, 2.75) is 6.04 Å². The highest BCUT2D eigenvalue weighted by atomic mass is 32.2. The summed E-state index contributed by atoms with van der Waals surface area (Å²) in [5.41, 5.74) is 6.64. The normalized spacial score (nSPS) is 20.4. The summed E-state index contributed by atoms with van der Waals surface area (Å²) in [6.45, 7) is 0.476. The Labute approximate surface area is 107 Å². The Kier molecular flexibility index (Phi) is 3.68. The molecule has 0 aliphatic carbocycles. The van der Waals surface area contributed by atoms with Gasteiger partial charge in [-0.1, -0.05) is 30.3 Å². The standard InChI is InChI=1S/C12H16N2O3S/c13-11(10-4-2-1-3-5-10)12(15)14-6-8-18(16,17)9-7-14/h1-5,11H,6-9,13H2. The summed E-state index contributed by atoms with van der Waals surface area (Å²) in [5, 5.41) is 0. The molecule has 1 unspecified atom stereocenters. The number of hydrogen-bond acceptors (Lipinski definition) is 4. The molecule has 1 amide bonds. The molecule has 0 bridgehead atoms. The Morgan fingerprint density at radius 1 is 1.17 bits per heavy atom. The monoisotopic (exact) mass is 268 g/mol. The minimum atomic E-state index is -2.97. The van der Waals surface area contributed by atoms with E-state index in [1.807, 2.05) is 18.2 Å². The highest BCUT2D eigenvalue weighted by Gasteiger charge is 2.28. The third-order valence-corrected chi connectivity index (χ3v) is 4.69. The average molecular weight is 268 g/mol. The van der Waals surface area contributed by atoms with Crippen LogP contribution in [0.25, 0.3) is 0 Å². The lowest BCUT2D eigenvalue weighted by molar-refractivity contribution is -0.132. The molecule has 1 fully saturated rings. The van der Waals surface area contributed by atoms with E-state index in [0.717, 1.165) is 5.56 Å². The Morgan fingerprint density at radius 3 is 2.28 bits per heavy atom. The fraction of sp³-hybridized carbons (Fsp3) is 0.417. The molecule has 1 aliphatic rings. The van der Waals surface area contributed by atoms with Crippen LogP contribution in [0.5, 0.6) is 0 Å². The first-order chi connectivity index (χ1) is 8.49. The minimum absolute atomic E-state index is 0.0280. The van der Waals surface area contributed by atoms with Crippen molar-refractivity contribution in [2.75, 3.05) is 24.6 Å². The lowest BCUT2D eigenvalue weighted by atomic mass is 10.1. The number of amides is 1. The number of benzene rings is 1. The number of sulfone groups is 1. The number of nitrogens with two attached hydrogens (primary N) is 1. The van der Waals surface area contributed by atoms with E-state index < -0.39 is 15.9 Å². The number of nitrogens with zero attached hydrogens (tertiary/aromatic N) is 1. The molecule has 1 heterocycles. The van der Waals surface area contributed by atoms with Crippen LogP contribution < -0.4 is 5.73 Å². The van der Waals surface area contributed by atoms with Gasteiger partial charge in [-0.3, -0.25) is 4.79 Å².